The molecule has 0 aliphatic heterocycles. The molecule has 0 atom stereocenters. The SMILES string of the molecule is Cc1cc(C)cc(-c2c3ccc(N(c4ccc([Si](C)(C)C)cc4)c4ccc([Si](C)(C)C)cc4)cc3c(-c3cc(C)cc(C)c3)c3ccc(N(c4ccc([Si](C)(C)C)cc4)c4ccc([Si](C)(C)C)cc4)cc23)c1. The molecule has 2 nitrogen and oxygen atoms in total. The van der Waals surface area contributed by atoms with Crippen molar-refractivity contribution in [1.29, 1.82) is 0 Å². The van der Waals surface area contributed by atoms with Gasteiger partial charge in [-0.2, -0.15) is 0 Å². The van der Waals surface area contributed by atoms with Gasteiger partial charge in [0.1, 0.15) is 0 Å². The second-order valence-electron chi connectivity index (χ2n) is 24.8. The van der Waals surface area contributed by atoms with Gasteiger partial charge in [-0.1, -0.05) is 219 Å². The molecule has 0 saturated carbocycles. The first-order valence-electron chi connectivity index (χ1n) is 26.1. The van der Waals surface area contributed by atoms with E-state index in [1.807, 2.05) is 0 Å². The van der Waals surface area contributed by atoms with Crippen molar-refractivity contribution in [3.8, 4) is 22.3 Å². The van der Waals surface area contributed by atoms with Gasteiger partial charge in [0.15, 0.2) is 0 Å². The molecule has 366 valence electrons. The first-order valence-corrected chi connectivity index (χ1v) is 40.1. The highest BCUT2D eigenvalue weighted by atomic mass is 28.3. The maximum Gasteiger partial charge on any atom is 0.0775 e. The molecule has 0 amide bonds. The maximum absolute atomic E-state index is 2.49. The van der Waals surface area contributed by atoms with Gasteiger partial charge in [0, 0.05) is 34.1 Å². The molecule has 6 heteroatoms. The van der Waals surface area contributed by atoms with Crippen molar-refractivity contribution in [1.82, 2.24) is 0 Å². The third-order valence-electron chi connectivity index (χ3n) is 14.6. The first-order chi connectivity index (χ1) is 33.8. The van der Waals surface area contributed by atoms with Gasteiger partial charge >= 0.3 is 0 Å². The summed E-state index contributed by atoms with van der Waals surface area (Å²) < 4.78 is 0. The maximum atomic E-state index is 2.49. The van der Waals surface area contributed by atoms with Crippen LogP contribution >= 0.6 is 0 Å². The Morgan fingerprint density at radius 2 is 0.458 bits per heavy atom. The van der Waals surface area contributed by atoms with E-state index >= 15 is 0 Å². The number of aryl methyl sites for hydroxylation is 4. The number of rotatable bonds is 12. The van der Waals surface area contributed by atoms with Crippen LogP contribution in [-0.2, 0) is 0 Å². The van der Waals surface area contributed by atoms with Crippen molar-refractivity contribution in [3.05, 3.63) is 192 Å². The van der Waals surface area contributed by atoms with E-state index in [0.29, 0.717) is 0 Å². The number of benzene rings is 9. The van der Waals surface area contributed by atoms with E-state index in [-0.39, 0.29) is 0 Å². The average molecular weight is 1010 g/mol. The second-order valence-corrected chi connectivity index (χ2v) is 45.1. The van der Waals surface area contributed by atoms with Crippen LogP contribution in [0.3, 0.4) is 0 Å². The van der Waals surface area contributed by atoms with Crippen LogP contribution in [0.4, 0.5) is 34.1 Å². The summed E-state index contributed by atoms with van der Waals surface area (Å²) in [6.45, 7) is 38.1. The molecule has 0 radical (unpaired) electrons. The third kappa shape index (κ3) is 10.4. The van der Waals surface area contributed by atoms with Crippen molar-refractivity contribution in [2.75, 3.05) is 9.80 Å². The number of nitrogens with zero attached hydrogens (tertiary/aromatic N) is 2. The number of anilines is 6. The zero-order valence-corrected chi connectivity index (χ0v) is 50.1. The molecule has 0 heterocycles. The molecular weight excluding hydrogens is 933 g/mol. The molecule has 0 bridgehead atoms. The smallest absolute Gasteiger partial charge is 0.0775 e. The molecule has 9 aromatic rings. The summed E-state index contributed by atoms with van der Waals surface area (Å²) in [4.78, 5) is 4.96. The van der Waals surface area contributed by atoms with Crippen LogP contribution in [0.15, 0.2) is 170 Å². The Balaban J connectivity index is 1.37. The second kappa shape index (κ2) is 19.1. The van der Waals surface area contributed by atoms with Crippen LogP contribution in [0.5, 0.6) is 0 Å². The third-order valence-corrected chi connectivity index (χ3v) is 22.8. The van der Waals surface area contributed by atoms with E-state index < -0.39 is 32.3 Å². The van der Waals surface area contributed by atoms with E-state index in [9.17, 15) is 0 Å². The Kier molecular flexibility index (Phi) is 13.5. The number of hydrogen-bond donors (Lipinski definition) is 0. The topological polar surface area (TPSA) is 6.48 Å². The Morgan fingerprint density at radius 1 is 0.236 bits per heavy atom. The summed E-state index contributed by atoms with van der Waals surface area (Å²) in [5.74, 6) is 0. The predicted octanol–water partition coefficient (Wildman–Crippen LogP) is 17.7. The van der Waals surface area contributed by atoms with Crippen molar-refractivity contribution in [3.63, 3.8) is 0 Å². The highest BCUT2D eigenvalue weighted by Gasteiger charge is 2.26. The molecule has 0 fully saturated rings. The molecule has 0 spiro atoms. The van der Waals surface area contributed by atoms with E-state index in [1.165, 1.54) is 110 Å². The lowest BCUT2D eigenvalue weighted by atomic mass is 9.84. The highest BCUT2D eigenvalue weighted by molar-refractivity contribution is 6.90. The minimum Gasteiger partial charge on any atom is -0.310 e. The molecule has 0 aromatic heterocycles. The highest BCUT2D eigenvalue weighted by Crippen LogP contribution is 2.49. The Labute approximate surface area is 436 Å². The Bertz CT molecular complexity index is 3070. The average Bonchev–Trinajstić information content (AvgIpc) is 3.30. The molecule has 0 N–H and O–H groups in total. The normalized spacial score (nSPS) is 12.4. The summed E-state index contributed by atoms with van der Waals surface area (Å²) in [5.41, 5.74) is 17.0. The van der Waals surface area contributed by atoms with Gasteiger partial charge < -0.3 is 9.80 Å². The fraction of sp³-hybridized carbons (Fsp3) is 0.242. The standard InChI is InChI=1S/C66H76N2Si4/c1-45-37-46(2)40-49(39-45)65-61-35-25-56(68(53-21-31-59(32-22-53)71(11,12)13)54-23-33-60(34-24-54)72(14,15)16)44-64(61)66(50-41-47(3)38-48(4)42-50)62-36-26-55(43-63(62)65)67(51-17-27-57(28-18-51)69(5,6)7)52-19-29-58(30-20-52)70(8,9)10/h17-44H,1-16H3. The van der Waals surface area contributed by atoms with Gasteiger partial charge in [-0.05, 0) is 144 Å². The molecule has 0 aliphatic rings. The van der Waals surface area contributed by atoms with Gasteiger partial charge in [0.25, 0.3) is 0 Å². The Hall–Kier alpha value is -6.03. The lowest BCUT2D eigenvalue weighted by Crippen LogP contribution is -2.37. The molecule has 9 aromatic carbocycles. The van der Waals surface area contributed by atoms with Gasteiger partial charge in [-0.25, -0.2) is 0 Å². The summed E-state index contributed by atoms with van der Waals surface area (Å²) in [6, 6.07) is 66.6. The van der Waals surface area contributed by atoms with Gasteiger partial charge in [0.05, 0.1) is 32.3 Å². The lowest BCUT2D eigenvalue weighted by molar-refractivity contribution is 1.29. The first kappa shape index (κ1) is 50.9. The summed E-state index contributed by atoms with van der Waals surface area (Å²) >= 11 is 0. The zero-order chi connectivity index (χ0) is 51.7. The van der Waals surface area contributed by atoms with E-state index in [4.69, 9.17) is 0 Å². The monoisotopic (exact) mass is 1010 g/mol. The van der Waals surface area contributed by atoms with Gasteiger partial charge in [-0.3, -0.25) is 0 Å². The van der Waals surface area contributed by atoms with Crippen LogP contribution in [0.25, 0.3) is 43.8 Å². The van der Waals surface area contributed by atoms with Crippen LogP contribution < -0.4 is 30.5 Å². The van der Waals surface area contributed by atoms with Crippen LogP contribution in [0.2, 0.25) is 78.6 Å². The van der Waals surface area contributed by atoms with Crippen molar-refractivity contribution in [2.24, 2.45) is 0 Å². The minimum absolute atomic E-state index is 1.15. The predicted molar refractivity (Wildman–Crippen MR) is 333 cm³/mol. The van der Waals surface area contributed by atoms with E-state index in [2.05, 4.69) is 286 Å². The van der Waals surface area contributed by atoms with Crippen LogP contribution in [-0.4, -0.2) is 32.3 Å². The molecule has 72 heavy (non-hydrogen) atoms. The fourth-order valence-corrected chi connectivity index (χ4v) is 15.3. The summed E-state index contributed by atoms with van der Waals surface area (Å²) in [7, 11) is -6.10. The quantitative estimate of drug-likeness (QED) is 0.0889. The lowest BCUT2D eigenvalue weighted by Gasteiger charge is -2.29. The molecular formula is C66H76N2Si4. The summed E-state index contributed by atoms with van der Waals surface area (Å²) in [6.07, 6.45) is 0. The number of fused-ring (bicyclic) bond motifs is 2. The minimum atomic E-state index is -1.52. The van der Waals surface area contributed by atoms with Crippen molar-refractivity contribution >= 4 is 109 Å². The van der Waals surface area contributed by atoms with Crippen LogP contribution in [0, 0.1) is 27.7 Å². The van der Waals surface area contributed by atoms with Crippen LogP contribution in [0.1, 0.15) is 22.3 Å². The fourth-order valence-electron chi connectivity index (χ4n) is 10.7. The Morgan fingerprint density at radius 3 is 0.681 bits per heavy atom. The molecule has 9 rings (SSSR count). The van der Waals surface area contributed by atoms with Crippen molar-refractivity contribution < 1.29 is 0 Å². The van der Waals surface area contributed by atoms with Crippen molar-refractivity contribution in [2.45, 2.75) is 106 Å². The molecule has 0 saturated heterocycles. The van der Waals surface area contributed by atoms with Gasteiger partial charge in [0.2, 0.25) is 0 Å². The largest absolute Gasteiger partial charge is 0.310 e. The van der Waals surface area contributed by atoms with E-state index in [0.717, 1.165) is 11.4 Å². The van der Waals surface area contributed by atoms with Gasteiger partial charge in [-0.15, -0.1) is 0 Å². The van der Waals surface area contributed by atoms with E-state index in [1.54, 1.807) is 0 Å². The number of hydrogen-bond acceptors (Lipinski definition) is 2. The molecule has 0 unspecified atom stereocenters. The molecule has 0 aliphatic carbocycles. The summed E-state index contributed by atoms with van der Waals surface area (Å²) in [5, 5.41) is 10.8. The zero-order valence-electron chi connectivity index (χ0n) is 46.1.